The predicted molar refractivity (Wildman–Crippen MR) is 60.6 cm³/mol. The topological polar surface area (TPSA) is 75.7 Å². The number of aliphatic hydroxyl groups excluding tert-OH is 2. The minimum absolute atomic E-state index is 0.0101. The fraction of sp³-hybridized carbons (Fsp3) is 0.818. The average Bonchev–Trinajstić information content (AvgIpc) is 2.24. The Hall–Kier alpha value is -0.420. The summed E-state index contributed by atoms with van der Waals surface area (Å²) in [7, 11) is 0. The Bertz CT molecular complexity index is 204. The molecule has 0 aromatic carbocycles. The average molecular weight is 217 g/mol. The molecule has 0 unspecified atom stereocenters. The first-order chi connectivity index (χ1) is 7.04. The molecule has 0 aromatic heterocycles. The van der Waals surface area contributed by atoms with Gasteiger partial charge in [-0.1, -0.05) is 0 Å². The number of hydrogen-bond acceptors (Lipinski definition) is 4. The van der Waals surface area contributed by atoms with Gasteiger partial charge in [-0.2, -0.15) is 0 Å². The van der Waals surface area contributed by atoms with Crippen LogP contribution in [0.3, 0.4) is 0 Å². The fourth-order valence-corrected chi connectivity index (χ4v) is 1.29. The molecule has 0 aliphatic heterocycles. The zero-order valence-corrected chi connectivity index (χ0v) is 9.86. The Kier molecular flexibility index (Phi) is 7.60. The van der Waals surface area contributed by atoms with Gasteiger partial charge in [0, 0.05) is 19.6 Å². The van der Waals surface area contributed by atoms with Crippen LogP contribution in [-0.4, -0.2) is 42.2 Å². The van der Waals surface area contributed by atoms with E-state index >= 15 is 0 Å². The van der Waals surface area contributed by atoms with Crippen LogP contribution in [0.4, 0.5) is 0 Å². The molecule has 4 nitrogen and oxygen atoms in total. The molecule has 2 atom stereocenters. The molecule has 0 aliphatic carbocycles. The van der Waals surface area contributed by atoms with Crippen molar-refractivity contribution >= 4 is 0 Å². The third-order valence-electron chi connectivity index (χ3n) is 2.62. The van der Waals surface area contributed by atoms with Crippen molar-refractivity contribution in [3.63, 3.8) is 0 Å². The SMILES string of the molecule is C/C(=C(/C)[C@H](C)OCCN)[C@H](O)CCO. The molecule has 0 heterocycles. The van der Waals surface area contributed by atoms with Crippen molar-refractivity contribution in [1.29, 1.82) is 0 Å². The summed E-state index contributed by atoms with van der Waals surface area (Å²) in [4.78, 5) is 0. The van der Waals surface area contributed by atoms with E-state index < -0.39 is 6.10 Å². The second-order valence-electron chi connectivity index (χ2n) is 3.70. The van der Waals surface area contributed by atoms with Gasteiger partial charge in [-0.25, -0.2) is 0 Å². The summed E-state index contributed by atoms with van der Waals surface area (Å²) in [6.07, 6.45) is -0.256. The lowest BCUT2D eigenvalue weighted by molar-refractivity contribution is 0.0923. The van der Waals surface area contributed by atoms with Crippen LogP contribution in [0.2, 0.25) is 0 Å². The first kappa shape index (κ1) is 14.6. The van der Waals surface area contributed by atoms with Crippen molar-refractivity contribution in [2.45, 2.75) is 39.4 Å². The fourth-order valence-electron chi connectivity index (χ4n) is 1.29. The zero-order valence-electron chi connectivity index (χ0n) is 9.86. The third kappa shape index (κ3) is 5.28. The van der Waals surface area contributed by atoms with Crippen LogP contribution >= 0.6 is 0 Å². The summed E-state index contributed by atoms with van der Waals surface area (Å²) in [5.41, 5.74) is 7.21. The maximum Gasteiger partial charge on any atom is 0.0772 e. The second-order valence-corrected chi connectivity index (χ2v) is 3.70. The standard InChI is InChI=1S/C11H23NO3/c1-8(10(3)15-7-5-12)9(2)11(14)4-6-13/h10-11,13-14H,4-7,12H2,1-3H3/b9-8+/t10-,11+/m0/s1. The molecule has 90 valence electrons. The predicted octanol–water partition coefficient (Wildman–Crippen LogP) is 0.430. The Morgan fingerprint density at radius 2 is 1.93 bits per heavy atom. The van der Waals surface area contributed by atoms with Crippen LogP contribution in [0, 0.1) is 0 Å². The van der Waals surface area contributed by atoms with E-state index in [1.165, 1.54) is 0 Å². The Morgan fingerprint density at radius 1 is 1.33 bits per heavy atom. The lowest BCUT2D eigenvalue weighted by Crippen LogP contribution is -2.20. The number of hydrogen-bond donors (Lipinski definition) is 3. The number of rotatable bonds is 7. The molecule has 15 heavy (non-hydrogen) atoms. The van der Waals surface area contributed by atoms with Crippen molar-refractivity contribution in [2.24, 2.45) is 5.73 Å². The van der Waals surface area contributed by atoms with E-state index in [9.17, 15) is 5.11 Å². The molecule has 0 fully saturated rings. The Labute approximate surface area is 91.7 Å². The summed E-state index contributed by atoms with van der Waals surface area (Å²) in [6, 6.07) is 0. The summed E-state index contributed by atoms with van der Waals surface area (Å²) >= 11 is 0. The highest BCUT2D eigenvalue weighted by molar-refractivity contribution is 5.17. The van der Waals surface area contributed by atoms with Crippen LogP contribution in [0.15, 0.2) is 11.1 Å². The number of aliphatic hydroxyl groups is 2. The minimum Gasteiger partial charge on any atom is -0.396 e. The van der Waals surface area contributed by atoms with Gasteiger partial charge in [0.15, 0.2) is 0 Å². The molecular formula is C11H23NO3. The smallest absolute Gasteiger partial charge is 0.0772 e. The van der Waals surface area contributed by atoms with Gasteiger partial charge in [0.1, 0.15) is 0 Å². The Morgan fingerprint density at radius 3 is 2.40 bits per heavy atom. The van der Waals surface area contributed by atoms with E-state index in [4.69, 9.17) is 15.6 Å². The highest BCUT2D eigenvalue weighted by Crippen LogP contribution is 2.16. The van der Waals surface area contributed by atoms with Crippen molar-refractivity contribution in [1.82, 2.24) is 0 Å². The van der Waals surface area contributed by atoms with Gasteiger partial charge < -0.3 is 20.7 Å². The molecule has 0 saturated carbocycles. The summed E-state index contributed by atoms with van der Waals surface area (Å²) in [5.74, 6) is 0. The van der Waals surface area contributed by atoms with E-state index in [0.29, 0.717) is 19.6 Å². The maximum absolute atomic E-state index is 9.66. The first-order valence-electron chi connectivity index (χ1n) is 5.32. The van der Waals surface area contributed by atoms with Crippen molar-refractivity contribution in [3.05, 3.63) is 11.1 Å². The maximum atomic E-state index is 9.66. The zero-order chi connectivity index (χ0) is 11.8. The van der Waals surface area contributed by atoms with Gasteiger partial charge in [-0.3, -0.25) is 0 Å². The van der Waals surface area contributed by atoms with Crippen molar-refractivity contribution < 1.29 is 14.9 Å². The molecule has 0 bridgehead atoms. The van der Waals surface area contributed by atoms with E-state index in [1.807, 2.05) is 20.8 Å². The van der Waals surface area contributed by atoms with Gasteiger partial charge in [-0.15, -0.1) is 0 Å². The molecule has 0 aromatic rings. The molecule has 0 amide bonds. The van der Waals surface area contributed by atoms with Gasteiger partial charge in [-0.05, 0) is 31.9 Å². The van der Waals surface area contributed by atoms with Gasteiger partial charge in [0.05, 0.1) is 18.8 Å². The van der Waals surface area contributed by atoms with Crippen LogP contribution in [0.25, 0.3) is 0 Å². The van der Waals surface area contributed by atoms with Crippen LogP contribution in [-0.2, 0) is 4.74 Å². The monoisotopic (exact) mass is 217 g/mol. The van der Waals surface area contributed by atoms with Gasteiger partial charge >= 0.3 is 0 Å². The quantitative estimate of drug-likeness (QED) is 0.541. The van der Waals surface area contributed by atoms with E-state index in [1.54, 1.807) is 0 Å². The van der Waals surface area contributed by atoms with Crippen LogP contribution < -0.4 is 5.73 Å². The van der Waals surface area contributed by atoms with E-state index in [0.717, 1.165) is 11.1 Å². The second kappa shape index (κ2) is 7.82. The summed E-state index contributed by atoms with van der Waals surface area (Å²) in [6.45, 7) is 6.72. The molecular weight excluding hydrogens is 194 g/mol. The van der Waals surface area contributed by atoms with Crippen molar-refractivity contribution in [2.75, 3.05) is 19.8 Å². The molecule has 4 heteroatoms. The van der Waals surface area contributed by atoms with Gasteiger partial charge in [0.2, 0.25) is 0 Å². The number of ether oxygens (including phenoxy) is 1. The normalized spacial score (nSPS) is 17.2. The molecule has 0 spiro atoms. The minimum atomic E-state index is -0.584. The van der Waals surface area contributed by atoms with Crippen LogP contribution in [0.1, 0.15) is 27.2 Å². The highest BCUT2D eigenvalue weighted by Gasteiger charge is 2.13. The molecule has 4 N–H and O–H groups in total. The lowest BCUT2D eigenvalue weighted by atomic mass is 10.0. The Balaban J connectivity index is 4.33. The summed E-state index contributed by atoms with van der Waals surface area (Å²) in [5, 5.41) is 18.4. The highest BCUT2D eigenvalue weighted by atomic mass is 16.5. The first-order valence-corrected chi connectivity index (χ1v) is 5.32. The number of nitrogens with two attached hydrogens (primary N) is 1. The lowest BCUT2D eigenvalue weighted by Gasteiger charge is -2.19. The van der Waals surface area contributed by atoms with E-state index in [-0.39, 0.29) is 12.7 Å². The third-order valence-corrected chi connectivity index (χ3v) is 2.62. The largest absolute Gasteiger partial charge is 0.396 e. The van der Waals surface area contributed by atoms with Gasteiger partial charge in [0.25, 0.3) is 0 Å². The summed E-state index contributed by atoms with van der Waals surface area (Å²) < 4.78 is 5.45. The molecule has 0 radical (unpaired) electrons. The molecule has 0 aliphatic rings. The molecule has 0 saturated heterocycles. The van der Waals surface area contributed by atoms with Crippen molar-refractivity contribution in [3.8, 4) is 0 Å². The van der Waals surface area contributed by atoms with E-state index in [2.05, 4.69) is 0 Å². The van der Waals surface area contributed by atoms with Crippen LogP contribution in [0.5, 0.6) is 0 Å². The molecule has 0 rings (SSSR count).